The van der Waals surface area contributed by atoms with Crippen LogP contribution in [-0.2, 0) is 25.5 Å². The zero-order valence-corrected chi connectivity index (χ0v) is 19.7. The van der Waals surface area contributed by atoms with E-state index in [0.29, 0.717) is 12.0 Å². The number of ether oxygens (including phenoxy) is 2. The summed E-state index contributed by atoms with van der Waals surface area (Å²) in [6, 6.07) is 9.07. The molecule has 0 aliphatic rings. The lowest BCUT2D eigenvalue weighted by Gasteiger charge is -2.14. The number of carboxylic acids is 2. The van der Waals surface area contributed by atoms with E-state index in [1.165, 1.54) is 12.1 Å². The Morgan fingerprint density at radius 3 is 2.03 bits per heavy atom. The Labute approximate surface area is 206 Å². The normalized spacial score (nSPS) is 10.1. The molecular formula is C27H26O9. The molecule has 3 aromatic carbocycles. The number of carboxylic acid groups (broad SMARTS) is 2. The van der Waals surface area contributed by atoms with Crippen molar-refractivity contribution < 1.29 is 44.0 Å². The fraction of sp³-hybridized carbons (Fsp3) is 0.185. The van der Waals surface area contributed by atoms with Gasteiger partial charge in [0.2, 0.25) is 0 Å². The van der Waals surface area contributed by atoms with Crippen LogP contribution in [0.4, 0.5) is 0 Å². The van der Waals surface area contributed by atoms with Crippen LogP contribution in [0.5, 0.6) is 5.75 Å². The Bertz CT molecular complexity index is 1340. The largest absolute Gasteiger partial charge is 0.507 e. The molecule has 0 saturated carbocycles. The number of esters is 2. The monoisotopic (exact) mass is 494 g/mol. The van der Waals surface area contributed by atoms with Crippen molar-refractivity contribution >= 4 is 45.4 Å². The van der Waals surface area contributed by atoms with Crippen molar-refractivity contribution in [2.75, 3.05) is 13.2 Å². The first-order chi connectivity index (χ1) is 17.2. The molecule has 0 spiro atoms. The van der Waals surface area contributed by atoms with Gasteiger partial charge in [-0.1, -0.05) is 38.3 Å². The van der Waals surface area contributed by atoms with Crippen molar-refractivity contribution in [1.82, 2.24) is 0 Å². The molecule has 36 heavy (non-hydrogen) atoms. The molecule has 3 aromatic rings. The number of hydrogen-bond acceptors (Lipinski definition) is 7. The molecule has 3 N–H and O–H groups in total. The lowest BCUT2D eigenvalue weighted by atomic mass is 9.91. The Balaban J connectivity index is 0.000000493. The quantitative estimate of drug-likeness (QED) is 0.222. The van der Waals surface area contributed by atoms with Gasteiger partial charge in [-0.3, -0.25) is 0 Å². The van der Waals surface area contributed by atoms with E-state index in [1.807, 2.05) is 6.92 Å². The molecule has 0 aliphatic carbocycles. The van der Waals surface area contributed by atoms with Crippen molar-refractivity contribution in [3.63, 3.8) is 0 Å². The number of aromatic carboxylic acids is 2. The SMILES string of the molecule is C=CC(=O)OCCC.C=CC(=O)OCCc1cc(C(=O)O)c2c(ccc3cccc(C(=O)O)c32)c1O. The van der Waals surface area contributed by atoms with Gasteiger partial charge >= 0.3 is 23.9 Å². The second-order valence-electron chi connectivity index (χ2n) is 7.43. The zero-order valence-electron chi connectivity index (χ0n) is 19.7. The molecule has 9 heteroatoms. The van der Waals surface area contributed by atoms with Gasteiger partial charge in [0.25, 0.3) is 0 Å². The van der Waals surface area contributed by atoms with Crippen molar-refractivity contribution in [2.24, 2.45) is 0 Å². The van der Waals surface area contributed by atoms with Crippen molar-refractivity contribution in [3.05, 3.63) is 78.4 Å². The van der Waals surface area contributed by atoms with E-state index >= 15 is 0 Å². The molecule has 0 radical (unpaired) electrons. The number of carbonyl (C=O) groups excluding carboxylic acids is 2. The fourth-order valence-electron chi connectivity index (χ4n) is 3.46. The number of phenols is 1. The Morgan fingerprint density at radius 1 is 0.861 bits per heavy atom. The summed E-state index contributed by atoms with van der Waals surface area (Å²) in [6.07, 6.45) is 3.11. The lowest BCUT2D eigenvalue weighted by molar-refractivity contribution is -0.138. The highest BCUT2D eigenvalue weighted by atomic mass is 16.5. The number of rotatable bonds is 9. The smallest absolute Gasteiger partial charge is 0.336 e. The Morgan fingerprint density at radius 2 is 1.47 bits per heavy atom. The summed E-state index contributed by atoms with van der Waals surface area (Å²) in [6.45, 7) is 8.88. The molecule has 0 unspecified atom stereocenters. The molecule has 188 valence electrons. The summed E-state index contributed by atoms with van der Waals surface area (Å²) in [4.78, 5) is 45.0. The van der Waals surface area contributed by atoms with Crippen LogP contribution >= 0.6 is 0 Å². The highest BCUT2D eigenvalue weighted by Crippen LogP contribution is 2.38. The first-order valence-corrected chi connectivity index (χ1v) is 10.9. The van der Waals surface area contributed by atoms with Gasteiger partial charge in [-0.25, -0.2) is 19.2 Å². The number of hydrogen-bond donors (Lipinski definition) is 3. The van der Waals surface area contributed by atoms with Crippen molar-refractivity contribution in [2.45, 2.75) is 19.8 Å². The van der Waals surface area contributed by atoms with Gasteiger partial charge in [0.05, 0.1) is 24.3 Å². The topological polar surface area (TPSA) is 147 Å². The molecule has 9 nitrogen and oxygen atoms in total. The third-order valence-corrected chi connectivity index (χ3v) is 5.05. The maximum atomic E-state index is 11.9. The molecule has 0 aliphatic heterocycles. The third-order valence-electron chi connectivity index (χ3n) is 5.05. The van der Waals surface area contributed by atoms with Crippen LogP contribution in [0.3, 0.4) is 0 Å². The number of phenolic OH excluding ortho intramolecular Hbond substituents is 1. The van der Waals surface area contributed by atoms with E-state index in [0.717, 1.165) is 18.6 Å². The minimum atomic E-state index is -1.26. The van der Waals surface area contributed by atoms with Crippen LogP contribution < -0.4 is 0 Å². The fourth-order valence-corrected chi connectivity index (χ4v) is 3.46. The molecule has 0 bridgehead atoms. The summed E-state index contributed by atoms with van der Waals surface area (Å²) < 4.78 is 9.47. The summed E-state index contributed by atoms with van der Waals surface area (Å²) in [5, 5.41) is 31.0. The molecule has 0 saturated heterocycles. The van der Waals surface area contributed by atoms with E-state index in [-0.39, 0.29) is 57.6 Å². The van der Waals surface area contributed by atoms with Crippen molar-refractivity contribution in [1.29, 1.82) is 0 Å². The van der Waals surface area contributed by atoms with E-state index < -0.39 is 17.9 Å². The van der Waals surface area contributed by atoms with Crippen LogP contribution in [-0.4, -0.2) is 52.4 Å². The first-order valence-electron chi connectivity index (χ1n) is 10.9. The van der Waals surface area contributed by atoms with Crippen LogP contribution in [0.15, 0.2) is 61.7 Å². The average molecular weight is 494 g/mol. The van der Waals surface area contributed by atoms with Gasteiger partial charge in [-0.05, 0) is 35.6 Å². The predicted molar refractivity (Wildman–Crippen MR) is 133 cm³/mol. The summed E-state index contributed by atoms with van der Waals surface area (Å²) >= 11 is 0. The summed E-state index contributed by atoms with van der Waals surface area (Å²) in [7, 11) is 0. The van der Waals surface area contributed by atoms with Crippen LogP contribution in [0, 0.1) is 0 Å². The number of carbonyl (C=O) groups is 4. The summed E-state index contributed by atoms with van der Waals surface area (Å²) in [5.41, 5.74) is 0.0729. The van der Waals surface area contributed by atoms with Gasteiger partial charge < -0.3 is 24.8 Å². The van der Waals surface area contributed by atoms with Gasteiger partial charge in [-0.2, -0.15) is 0 Å². The highest BCUT2D eigenvalue weighted by molar-refractivity contribution is 6.22. The second kappa shape index (κ2) is 12.7. The minimum absolute atomic E-state index is 0.0577. The number of benzene rings is 3. The minimum Gasteiger partial charge on any atom is -0.507 e. The van der Waals surface area contributed by atoms with E-state index in [2.05, 4.69) is 17.9 Å². The Kier molecular flexibility index (Phi) is 9.73. The van der Waals surface area contributed by atoms with Crippen LogP contribution in [0.2, 0.25) is 0 Å². The van der Waals surface area contributed by atoms with Gasteiger partial charge in [-0.15, -0.1) is 0 Å². The molecule has 0 aromatic heterocycles. The van der Waals surface area contributed by atoms with Crippen LogP contribution in [0.1, 0.15) is 39.6 Å². The standard InChI is InChI=1S/C21H16O7.C6H10O2/c1-2-16(22)28-9-8-12-10-15(21(26)27)18-13(19(12)23)7-6-11-4-3-5-14(17(11)18)20(24)25;1-3-5-8-6(7)4-2/h2-7,10,23H,1,8-9H2,(H,24,25)(H,26,27);4H,2-3,5H2,1H3. The zero-order chi connectivity index (χ0) is 26.8. The third kappa shape index (κ3) is 6.47. The lowest BCUT2D eigenvalue weighted by Crippen LogP contribution is -2.07. The molecule has 0 amide bonds. The van der Waals surface area contributed by atoms with Crippen molar-refractivity contribution in [3.8, 4) is 5.75 Å². The van der Waals surface area contributed by atoms with Gasteiger partial charge in [0.15, 0.2) is 0 Å². The summed E-state index contributed by atoms with van der Waals surface area (Å²) in [5.74, 6) is -3.62. The molecule has 0 fully saturated rings. The van der Waals surface area contributed by atoms with E-state index in [4.69, 9.17) is 4.74 Å². The molecule has 0 atom stereocenters. The molecule has 3 rings (SSSR count). The second-order valence-corrected chi connectivity index (χ2v) is 7.43. The van der Waals surface area contributed by atoms with Gasteiger partial charge in [0.1, 0.15) is 5.75 Å². The predicted octanol–water partition coefficient (Wildman–Crippen LogP) is 4.49. The van der Waals surface area contributed by atoms with Gasteiger partial charge in [0, 0.05) is 34.7 Å². The molecular weight excluding hydrogens is 468 g/mol. The number of aromatic hydroxyl groups is 1. The number of fused-ring (bicyclic) bond motifs is 3. The van der Waals surface area contributed by atoms with Crippen LogP contribution in [0.25, 0.3) is 21.5 Å². The maximum absolute atomic E-state index is 11.9. The highest BCUT2D eigenvalue weighted by Gasteiger charge is 2.21. The van der Waals surface area contributed by atoms with E-state index in [9.17, 15) is 34.5 Å². The Hall–Kier alpha value is -4.66. The maximum Gasteiger partial charge on any atom is 0.336 e. The first kappa shape index (κ1) is 27.6. The molecule has 0 heterocycles. The average Bonchev–Trinajstić information content (AvgIpc) is 2.87. The van der Waals surface area contributed by atoms with E-state index in [1.54, 1.807) is 24.3 Å².